The number of thiophene rings is 1. The Hall–Kier alpha value is -2.49. The summed E-state index contributed by atoms with van der Waals surface area (Å²) in [4.78, 5) is 9.07. The molecule has 0 aliphatic carbocycles. The number of nitrogens with one attached hydrogen (secondary N) is 2. The van der Waals surface area contributed by atoms with Gasteiger partial charge in [0.25, 0.3) is 0 Å². The topological polar surface area (TPSA) is 74.3 Å². The second kappa shape index (κ2) is 7.98. The summed E-state index contributed by atoms with van der Waals surface area (Å²) in [5.74, 6) is 0. The average molecular weight is 459 g/mol. The summed E-state index contributed by atoms with van der Waals surface area (Å²) in [5.41, 5.74) is 3.20. The van der Waals surface area contributed by atoms with Gasteiger partial charge in [-0.05, 0) is 74.1 Å². The normalized spacial score (nSPS) is 19.0. The van der Waals surface area contributed by atoms with Crippen LogP contribution in [0.25, 0.3) is 0 Å². The van der Waals surface area contributed by atoms with Crippen LogP contribution in [0.15, 0.2) is 54.7 Å². The monoisotopic (exact) mass is 458 g/mol. The van der Waals surface area contributed by atoms with Gasteiger partial charge in [0.2, 0.25) is 10.0 Å². The van der Waals surface area contributed by atoms with Crippen LogP contribution in [-0.2, 0) is 10.0 Å². The van der Waals surface area contributed by atoms with Crippen molar-refractivity contribution in [2.45, 2.75) is 25.9 Å². The highest BCUT2D eigenvalue weighted by Crippen LogP contribution is 2.44. The lowest BCUT2D eigenvalue weighted by atomic mass is 10.0. The van der Waals surface area contributed by atoms with Crippen molar-refractivity contribution in [1.82, 2.24) is 10.3 Å². The molecule has 30 heavy (non-hydrogen) atoms. The van der Waals surface area contributed by atoms with E-state index in [0.717, 1.165) is 23.2 Å². The predicted molar refractivity (Wildman–Crippen MR) is 127 cm³/mol. The fourth-order valence-corrected chi connectivity index (χ4v) is 5.63. The van der Waals surface area contributed by atoms with Gasteiger partial charge in [-0.3, -0.25) is 9.71 Å². The van der Waals surface area contributed by atoms with Crippen molar-refractivity contribution in [2.24, 2.45) is 0 Å². The van der Waals surface area contributed by atoms with Gasteiger partial charge in [0.05, 0.1) is 29.7 Å². The highest BCUT2D eigenvalue weighted by Gasteiger charge is 2.41. The van der Waals surface area contributed by atoms with Crippen molar-refractivity contribution >= 4 is 50.1 Å². The number of thiocarbonyl (C=S) groups is 1. The SMILES string of the molecule is Cc1ccc([C@H]2[C@@H](c3ccccn3)NC(=S)N2c2ccc(NS(C)(=O)=O)c(C)c2)s1. The van der Waals surface area contributed by atoms with Crippen molar-refractivity contribution in [3.63, 3.8) is 0 Å². The van der Waals surface area contributed by atoms with Crippen LogP contribution >= 0.6 is 23.6 Å². The second-order valence-corrected chi connectivity index (χ2v) is 10.8. The van der Waals surface area contributed by atoms with Crippen molar-refractivity contribution in [3.05, 3.63) is 75.7 Å². The maximum Gasteiger partial charge on any atom is 0.229 e. The van der Waals surface area contributed by atoms with Gasteiger partial charge in [0.15, 0.2) is 5.11 Å². The summed E-state index contributed by atoms with van der Waals surface area (Å²) in [7, 11) is -3.35. The van der Waals surface area contributed by atoms with E-state index >= 15 is 0 Å². The van der Waals surface area contributed by atoms with E-state index < -0.39 is 10.0 Å². The standard InChI is InChI=1S/C21H22N4O2S3/c1-13-12-15(8-9-16(13)24-30(3,26)27)25-20(18-10-7-14(2)29-18)19(23-21(25)28)17-6-4-5-11-22-17/h4-12,19-20,24H,1-3H3,(H,23,28)/t19-,20+/m1/s1. The first kappa shape index (κ1) is 20.8. The van der Waals surface area contributed by atoms with Gasteiger partial charge in [-0.25, -0.2) is 8.42 Å². The Labute approximate surface area is 186 Å². The number of pyridine rings is 1. The molecule has 0 spiro atoms. The van der Waals surface area contributed by atoms with Gasteiger partial charge in [-0.2, -0.15) is 0 Å². The minimum absolute atomic E-state index is 0.0563. The lowest BCUT2D eigenvalue weighted by Gasteiger charge is -2.27. The summed E-state index contributed by atoms with van der Waals surface area (Å²) in [6.45, 7) is 3.97. The van der Waals surface area contributed by atoms with Gasteiger partial charge in [0.1, 0.15) is 0 Å². The van der Waals surface area contributed by atoms with Crippen molar-refractivity contribution in [1.29, 1.82) is 0 Å². The van der Waals surface area contributed by atoms with E-state index in [1.807, 2.05) is 37.3 Å². The third kappa shape index (κ3) is 4.19. The Bertz CT molecular complexity index is 1190. The zero-order valence-electron chi connectivity index (χ0n) is 16.8. The molecule has 2 N–H and O–H groups in total. The number of sulfonamides is 1. The molecule has 2 aromatic heterocycles. The number of aromatic nitrogens is 1. The second-order valence-electron chi connectivity index (χ2n) is 7.32. The molecule has 0 amide bonds. The number of nitrogens with zero attached hydrogens (tertiary/aromatic N) is 2. The maximum atomic E-state index is 11.6. The van der Waals surface area contributed by atoms with Crippen LogP contribution in [0.2, 0.25) is 0 Å². The molecule has 1 fully saturated rings. The minimum Gasteiger partial charge on any atom is -0.351 e. The van der Waals surface area contributed by atoms with Gasteiger partial charge >= 0.3 is 0 Å². The summed E-state index contributed by atoms with van der Waals surface area (Å²) in [6, 6.07) is 15.6. The lowest BCUT2D eigenvalue weighted by Crippen LogP contribution is -2.29. The highest BCUT2D eigenvalue weighted by molar-refractivity contribution is 7.92. The van der Waals surface area contributed by atoms with Crippen molar-refractivity contribution < 1.29 is 8.42 Å². The van der Waals surface area contributed by atoms with Gasteiger partial charge in [0, 0.05) is 21.6 Å². The van der Waals surface area contributed by atoms with Gasteiger partial charge in [-0.15, -0.1) is 11.3 Å². The fraction of sp³-hybridized carbons (Fsp3) is 0.238. The Morgan fingerprint density at radius 3 is 2.57 bits per heavy atom. The first-order chi connectivity index (χ1) is 14.2. The van der Waals surface area contributed by atoms with Crippen LogP contribution in [-0.4, -0.2) is 24.8 Å². The van der Waals surface area contributed by atoms with Crippen LogP contribution in [0.4, 0.5) is 11.4 Å². The average Bonchev–Trinajstić information content (AvgIpc) is 3.26. The first-order valence-electron chi connectivity index (χ1n) is 9.38. The Morgan fingerprint density at radius 2 is 1.97 bits per heavy atom. The molecule has 6 nitrogen and oxygen atoms in total. The number of hydrogen-bond acceptors (Lipinski definition) is 5. The molecule has 2 atom stereocenters. The maximum absolute atomic E-state index is 11.6. The minimum atomic E-state index is -3.35. The Kier molecular flexibility index (Phi) is 5.52. The summed E-state index contributed by atoms with van der Waals surface area (Å²) in [5, 5.41) is 4.05. The lowest BCUT2D eigenvalue weighted by molar-refractivity contribution is 0.575. The molecular weight excluding hydrogens is 436 g/mol. The third-order valence-electron chi connectivity index (χ3n) is 4.93. The number of rotatable bonds is 5. The first-order valence-corrected chi connectivity index (χ1v) is 12.5. The number of benzene rings is 1. The third-order valence-corrected chi connectivity index (χ3v) is 6.91. The Morgan fingerprint density at radius 1 is 1.17 bits per heavy atom. The molecule has 3 heterocycles. The van der Waals surface area contributed by atoms with Crippen molar-refractivity contribution in [2.75, 3.05) is 15.9 Å². The van der Waals surface area contributed by atoms with Gasteiger partial charge < -0.3 is 10.2 Å². The molecule has 3 aromatic rings. The number of aryl methyl sites for hydroxylation is 2. The van der Waals surface area contributed by atoms with E-state index in [1.165, 1.54) is 9.75 Å². The molecule has 0 bridgehead atoms. The van der Waals surface area contributed by atoms with E-state index in [1.54, 1.807) is 23.6 Å². The van der Waals surface area contributed by atoms with E-state index in [9.17, 15) is 8.42 Å². The van der Waals surface area contributed by atoms with Crippen molar-refractivity contribution in [3.8, 4) is 0 Å². The summed E-state index contributed by atoms with van der Waals surface area (Å²) < 4.78 is 25.8. The van der Waals surface area contributed by atoms with Crippen LogP contribution in [0.5, 0.6) is 0 Å². The number of anilines is 2. The molecule has 1 saturated heterocycles. The highest BCUT2D eigenvalue weighted by atomic mass is 32.2. The van der Waals surface area contributed by atoms with Crippen LogP contribution in [0.1, 0.15) is 33.1 Å². The molecule has 1 aliphatic rings. The van der Waals surface area contributed by atoms with Crippen LogP contribution < -0.4 is 14.9 Å². The largest absolute Gasteiger partial charge is 0.351 e. The fourth-order valence-electron chi connectivity index (χ4n) is 3.65. The van der Waals surface area contributed by atoms with Crippen LogP contribution in [0.3, 0.4) is 0 Å². The molecule has 0 unspecified atom stereocenters. The predicted octanol–water partition coefficient (Wildman–Crippen LogP) is 4.31. The zero-order valence-corrected chi connectivity index (χ0v) is 19.2. The molecule has 1 aromatic carbocycles. The number of hydrogen-bond donors (Lipinski definition) is 2. The molecular formula is C21H22N4O2S3. The molecule has 156 valence electrons. The zero-order chi connectivity index (χ0) is 21.5. The van der Waals surface area contributed by atoms with E-state index in [0.29, 0.717) is 10.8 Å². The van der Waals surface area contributed by atoms with E-state index in [4.69, 9.17) is 12.2 Å². The molecule has 9 heteroatoms. The Balaban J connectivity index is 1.77. The van der Waals surface area contributed by atoms with Gasteiger partial charge in [-0.1, -0.05) is 6.07 Å². The molecule has 1 aliphatic heterocycles. The van der Waals surface area contributed by atoms with E-state index in [-0.39, 0.29) is 12.1 Å². The van der Waals surface area contributed by atoms with E-state index in [2.05, 4.69) is 39.0 Å². The summed E-state index contributed by atoms with van der Waals surface area (Å²) >= 11 is 7.47. The molecule has 0 radical (unpaired) electrons. The molecule has 0 saturated carbocycles. The van der Waals surface area contributed by atoms with Crippen LogP contribution in [0, 0.1) is 13.8 Å². The molecule has 4 rings (SSSR count). The quantitative estimate of drug-likeness (QED) is 0.555. The smallest absolute Gasteiger partial charge is 0.229 e. The summed E-state index contributed by atoms with van der Waals surface area (Å²) in [6.07, 6.45) is 2.93.